The molecule has 0 atom stereocenters. The van der Waals surface area contributed by atoms with Crippen molar-refractivity contribution in [1.82, 2.24) is 10.2 Å². The average Bonchev–Trinajstić information content (AvgIpc) is 3.07. The number of carboxylic acids is 1. The van der Waals surface area contributed by atoms with Gasteiger partial charge in [0.1, 0.15) is 0 Å². The first-order chi connectivity index (χ1) is 8.91. The maximum Gasteiger partial charge on any atom is 0.317 e. The first-order valence-electron chi connectivity index (χ1n) is 7.21. The fraction of sp³-hybridized carbons (Fsp3) is 0.857. The third-order valence-corrected chi connectivity index (χ3v) is 4.60. The van der Waals surface area contributed by atoms with E-state index in [1.165, 1.54) is 0 Å². The predicted molar refractivity (Wildman–Crippen MR) is 72.0 cm³/mol. The fourth-order valence-corrected chi connectivity index (χ4v) is 2.84. The number of carboxylic acid groups (broad SMARTS) is 1. The molecule has 1 aliphatic heterocycles. The first kappa shape index (κ1) is 14.2. The van der Waals surface area contributed by atoms with Crippen molar-refractivity contribution in [3.63, 3.8) is 0 Å². The van der Waals surface area contributed by atoms with Gasteiger partial charge in [0.2, 0.25) is 0 Å². The van der Waals surface area contributed by atoms with E-state index >= 15 is 0 Å². The topological polar surface area (TPSA) is 69.6 Å². The Labute approximate surface area is 114 Å². The Morgan fingerprint density at radius 3 is 2.21 bits per heavy atom. The summed E-state index contributed by atoms with van der Waals surface area (Å²) >= 11 is 0. The Hall–Kier alpha value is -1.26. The van der Waals surface area contributed by atoms with Crippen molar-refractivity contribution in [2.24, 2.45) is 5.41 Å². The summed E-state index contributed by atoms with van der Waals surface area (Å²) in [5.74, 6) is -0.705. The number of aliphatic carboxylic acids is 1. The number of amides is 2. The van der Waals surface area contributed by atoms with Gasteiger partial charge in [0.15, 0.2) is 0 Å². The van der Waals surface area contributed by atoms with Crippen molar-refractivity contribution < 1.29 is 14.7 Å². The van der Waals surface area contributed by atoms with Crippen LogP contribution < -0.4 is 5.32 Å². The molecule has 1 saturated heterocycles. The molecule has 2 aliphatic rings. The Bertz CT molecular complexity index is 369. The SMILES string of the molecule is CCCC1(C(=O)O)CCN(C(=O)NC2(C)CC2)CC1. The van der Waals surface area contributed by atoms with Crippen LogP contribution in [0.25, 0.3) is 0 Å². The second-order valence-corrected chi connectivity index (χ2v) is 6.31. The van der Waals surface area contributed by atoms with Crippen LogP contribution in [0.3, 0.4) is 0 Å². The summed E-state index contributed by atoms with van der Waals surface area (Å²) in [6, 6.07) is -0.0320. The number of urea groups is 1. The van der Waals surface area contributed by atoms with Crippen molar-refractivity contribution in [3.8, 4) is 0 Å². The third-order valence-electron chi connectivity index (χ3n) is 4.60. The van der Waals surface area contributed by atoms with Gasteiger partial charge in [-0.2, -0.15) is 0 Å². The van der Waals surface area contributed by atoms with Crippen LogP contribution in [-0.4, -0.2) is 40.6 Å². The van der Waals surface area contributed by atoms with Gasteiger partial charge in [0.25, 0.3) is 0 Å². The quantitative estimate of drug-likeness (QED) is 0.821. The van der Waals surface area contributed by atoms with E-state index in [1.807, 2.05) is 13.8 Å². The van der Waals surface area contributed by atoms with Crippen LogP contribution in [0, 0.1) is 5.41 Å². The van der Waals surface area contributed by atoms with Crippen LogP contribution in [0.5, 0.6) is 0 Å². The van der Waals surface area contributed by atoms with Crippen molar-refractivity contribution in [2.75, 3.05) is 13.1 Å². The minimum Gasteiger partial charge on any atom is -0.481 e. The molecule has 0 spiro atoms. The van der Waals surface area contributed by atoms with Crippen molar-refractivity contribution in [3.05, 3.63) is 0 Å². The predicted octanol–water partition coefficient (Wildman–Crippen LogP) is 2.22. The highest BCUT2D eigenvalue weighted by Gasteiger charge is 2.44. The summed E-state index contributed by atoms with van der Waals surface area (Å²) in [4.78, 5) is 25.3. The first-order valence-corrected chi connectivity index (χ1v) is 7.21. The van der Waals surface area contributed by atoms with E-state index in [0.717, 1.165) is 19.3 Å². The van der Waals surface area contributed by atoms with Gasteiger partial charge in [-0.05, 0) is 39.0 Å². The summed E-state index contributed by atoms with van der Waals surface area (Å²) in [6.07, 6.45) is 4.80. The van der Waals surface area contributed by atoms with E-state index < -0.39 is 11.4 Å². The van der Waals surface area contributed by atoms with Gasteiger partial charge >= 0.3 is 12.0 Å². The van der Waals surface area contributed by atoms with Gasteiger partial charge in [0.05, 0.1) is 5.41 Å². The van der Waals surface area contributed by atoms with Gasteiger partial charge in [0, 0.05) is 18.6 Å². The number of carbonyl (C=O) groups is 2. The second kappa shape index (κ2) is 5.02. The van der Waals surface area contributed by atoms with E-state index in [0.29, 0.717) is 32.4 Å². The lowest BCUT2D eigenvalue weighted by Crippen LogP contribution is -2.51. The maximum atomic E-state index is 12.1. The third kappa shape index (κ3) is 3.01. The van der Waals surface area contributed by atoms with Gasteiger partial charge in [-0.3, -0.25) is 4.79 Å². The van der Waals surface area contributed by atoms with Crippen LogP contribution >= 0.6 is 0 Å². The second-order valence-electron chi connectivity index (χ2n) is 6.31. The Balaban J connectivity index is 1.90. The van der Waals surface area contributed by atoms with Crippen LogP contribution in [0.1, 0.15) is 52.4 Å². The zero-order valence-electron chi connectivity index (χ0n) is 11.9. The Morgan fingerprint density at radius 1 is 1.21 bits per heavy atom. The number of carbonyl (C=O) groups excluding carboxylic acids is 1. The van der Waals surface area contributed by atoms with E-state index in [9.17, 15) is 14.7 Å². The molecule has 2 amide bonds. The summed E-state index contributed by atoms with van der Waals surface area (Å²) in [5.41, 5.74) is -0.628. The molecule has 0 aromatic rings. The maximum absolute atomic E-state index is 12.1. The number of likely N-dealkylation sites (tertiary alicyclic amines) is 1. The van der Waals surface area contributed by atoms with E-state index in [-0.39, 0.29) is 11.6 Å². The molecule has 19 heavy (non-hydrogen) atoms. The molecular weight excluding hydrogens is 244 g/mol. The molecule has 0 aromatic heterocycles. The molecule has 0 aromatic carbocycles. The van der Waals surface area contributed by atoms with Crippen LogP contribution in [0.15, 0.2) is 0 Å². The fourth-order valence-electron chi connectivity index (χ4n) is 2.84. The molecule has 2 N–H and O–H groups in total. The number of rotatable bonds is 4. The molecule has 2 rings (SSSR count). The van der Waals surface area contributed by atoms with Crippen LogP contribution in [-0.2, 0) is 4.79 Å². The lowest BCUT2D eigenvalue weighted by Gasteiger charge is -2.39. The summed E-state index contributed by atoms with van der Waals surface area (Å²) in [7, 11) is 0. The minimum absolute atomic E-state index is 0.0121. The normalized spacial score (nSPS) is 23.8. The smallest absolute Gasteiger partial charge is 0.317 e. The Morgan fingerprint density at radius 2 is 1.79 bits per heavy atom. The molecule has 0 unspecified atom stereocenters. The molecule has 1 heterocycles. The monoisotopic (exact) mass is 268 g/mol. The molecule has 0 radical (unpaired) electrons. The number of piperidine rings is 1. The molecule has 1 aliphatic carbocycles. The van der Waals surface area contributed by atoms with Gasteiger partial charge in [-0.25, -0.2) is 4.79 Å². The minimum atomic E-state index is -0.705. The number of hydrogen-bond donors (Lipinski definition) is 2. The molecule has 1 saturated carbocycles. The molecular formula is C14H24N2O3. The molecule has 2 fully saturated rings. The largest absolute Gasteiger partial charge is 0.481 e. The number of nitrogens with zero attached hydrogens (tertiary/aromatic N) is 1. The summed E-state index contributed by atoms with van der Waals surface area (Å²) in [6.45, 7) is 5.16. The van der Waals surface area contributed by atoms with Gasteiger partial charge in [-0.15, -0.1) is 0 Å². The molecule has 5 heteroatoms. The van der Waals surface area contributed by atoms with Crippen molar-refractivity contribution in [2.45, 2.75) is 57.9 Å². The molecule has 5 nitrogen and oxygen atoms in total. The lowest BCUT2D eigenvalue weighted by atomic mass is 9.75. The molecule has 108 valence electrons. The summed E-state index contributed by atoms with van der Waals surface area (Å²) in [5, 5.41) is 12.5. The van der Waals surface area contributed by atoms with Crippen LogP contribution in [0.4, 0.5) is 4.79 Å². The van der Waals surface area contributed by atoms with Crippen LogP contribution in [0.2, 0.25) is 0 Å². The summed E-state index contributed by atoms with van der Waals surface area (Å²) < 4.78 is 0. The van der Waals surface area contributed by atoms with Gasteiger partial charge in [-0.1, -0.05) is 13.3 Å². The van der Waals surface area contributed by atoms with Crippen molar-refractivity contribution in [1.29, 1.82) is 0 Å². The molecule has 0 bridgehead atoms. The highest BCUT2D eigenvalue weighted by Crippen LogP contribution is 2.38. The highest BCUT2D eigenvalue weighted by atomic mass is 16.4. The van der Waals surface area contributed by atoms with E-state index in [4.69, 9.17) is 0 Å². The lowest BCUT2D eigenvalue weighted by molar-refractivity contribution is -0.152. The highest BCUT2D eigenvalue weighted by molar-refractivity contribution is 5.77. The average molecular weight is 268 g/mol. The zero-order valence-corrected chi connectivity index (χ0v) is 11.9. The number of hydrogen-bond acceptors (Lipinski definition) is 2. The number of nitrogens with one attached hydrogen (secondary N) is 1. The zero-order chi connectivity index (χ0) is 14.1. The van der Waals surface area contributed by atoms with Gasteiger partial charge < -0.3 is 15.3 Å². The van der Waals surface area contributed by atoms with Crippen molar-refractivity contribution >= 4 is 12.0 Å². The van der Waals surface area contributed by atoms with E-state index in [2.05, 4.69) is 5.32 Å². The Kier molecular flexibility index (Phi) is 3.74. The van der Waals surface area contributed by atoms with E-state index in [1.54, 1.807) is 4.90 Å². The standard InChI is InChI=1S/C14H24N2O3/c1-3-4-14(11(17)18)7-9-16(10-8-14)12(19)15-13(2)5-6-13/h3-10H2,1-2H3,(H,15,19)(H,17,18).